The molecule has 31 heavy (non-hydrogen) atoms. The summed E-state index contributed by atoms with van der Waals surface area (Å²) in [6, 6.07) is 10.4. The number of nitrogens with zero attached hydrogens (tertiary/aromatic N) is 1. The fraction of sp³-hybridized carbons (Fsp3) is 0.238. The van der Waals surface area contributed by atoms with Gasteiger partial charge in [0.25, 0.3) is 0 Å². The van der Waals surface area contributed by atoms with Gasteiger partial charge in [-0.25, -0.2) is 13.2 Å². The van der Waals surface area contributed by atoms with Crippen molar-refractivity contribution in [2.24, 2.45) is 0 Å². The number of Topliss-reactive ketones (excluding diaryl/α,β-unsaturated/α-hetero) is 1. The Bertz CT molecular complexity index is 1090. The average molecular weight is 484 g/mol. The van der Waals surface area contributed by atoms with E-state index in [2.05, 4.69) is 0 Å². The zero-order valence-corrected chi connectivity index (χ0v) is 18.6. The van der Waals surface area contributed by atoms with Gasteiger partial charge in [0.2, 0.25) is 10.0 Å². The molecule has 3 rings (SSSR count). The maximum Gasteiger partial charge on any atom is 0.331 e. The largest absolute Gasteiger partial charge is 0.454 e. The van der Waals surface area contributed by atoms with E-state index < -0.39 is 28.4 Å². The van der Waals surface area contributed by atoms with Crippen molar-refractivity contribution < 1.29 is 27.5 Å². The Hall–Kier alpha value is -2.23. The molecule has 0 spiro atoms. The molecule has 0 aromatic heterocycles. The summed E-state index contributed by atoms with van der Waals surface area (Å²) in [6.07, 6.45) is 2.66. The van der Waals surface area contributed by atoms with Crippen molar-refractivity contribution in [3.8, 4) is 0 Å². The van der Waals surface area contributed by atoms with E-state index in [9.17, 15) is 18.0 Å². The summed E-state index contributed by atoms with van der Waals surface area (Å²) in [5.74, 6) is -1.16. The summed E-state index contributed by atoms with van der Waals surface area (Å²) in [6.45, 7) is 0.796. The third kappa shape index (κ3) is 6.15. The number of carbonyl (C=O) groups excluding carboxylic acids is 2. The predicted molar refractivity (Wildman–Crippen MR) is 117 cm³/mol. The molecule has 0 unspecified atom stereocenters. The number of halogens is 2. The lowest BCUT2D eigenvalue weighted by Gasteiger charge is -2.26. The lowest BCUT2D eigenvalue weighted by molar-refractivity contribution is -0.136. The fourth-order valence-corrected chi connectivity index (χ4v) is 4.51. The molecule has 0 radical (unpaired) electrons. The van der Waals surface area contributed by atoms with Crippen LogP contribution in [-0.2, 0) is 24.3 Å². The van der Waals surface area contributed by atoms with Crippen LogP contribution in [0.25, 0.3) is 6.08 Å². The number of benzene rings is 2. The van der Waals surface area contributed by atoms with Gasteiger partial charge in [-0.2, -0.15) is 4.31 Å². The van der Waals surface area contributed by atoms with Gasteiger partial charge in [0.15, 0.2) is 12.4 Å². The number of ether oxygens (including phenoxy) is 2. The highest BCUT2D eigenvalue weighted by molar-refractivity contribution is 7.89. The van der Waals surface area contributed by atoms with Crippen LogP contribution in [0.15, 0.2) is 53.4 Å². The Kier molecular flexibility index (Phi) is 7.85. The lowest BCUT2D eigenvalue weighted by Crippen LogP contribution is -2.40. The first-order valence-corrected chi connectivity index (χ1v) is 11.5. The van der Waals surface area contributed by atoms with E-state index in [1.807, 2.05) is 0 Å². The minimum atomic E-state index is -3.64. The van der Waals surface area contributed by atoms with Gasteiger partial charge in [-0.15, -0.1) is 0 Å². The van der Waals surface area contributed by atoms with Crippen molar-refractivity contribution in [3.63, 3.8) is 0 Å². The van der Waals surface area contributed by atoms with E-state index in [0.29, 0.717) is 28.8 Å². The SMILES string of the molecule is O=C(/C=C/c1ccc(Cl)c(Cl)c1)OCC(=O)c1ccc(S(=O)(=O)N2CCOCC2)cc1. The summed E-state index contributed by atoms with van der Waals surface area (Å²) >= 11 is 11.7. The summed E-state index contributed by atoms with van der Waals surface area (Å²) in [5.41, 5.74) is 0.886. The number of sulfonamides is 1. The minimum Gasteiger partial charge on any atom is -0.454 e. The molecule has 1 aliphatic rings. The topological polar surface area (TPSA) is 90.0 Å². The van der Waals surface area contributed by atoms with Crippen LogP contribution in [0, 0.1) is 0 Å². The second kappa shape index (κ2) is 10.4. The predicted octanol–water partition coefficient (Wildman–Crippen LogP) is 3.45. The first-order valence-electron chi connectivity index (χ1n) is 9.28. The third-order valence-electron chi connectivity index (χ3n) is 4.49. The Morgan fingerprint density at radius 2 is 1.71 bits per heavy atom. The van der Waals surface area contributed by atoms with Gasteiger partial charge in [0.05, 0.1) is 28.2 Å². The van der Waals surface area contributed by atoms with Gasteiger partial charge in [-0.3, -0.25) is 4.79 Å². The standard InChI is InChI=1S/C21H19Cl2NO6S/c22-18-7-1-15(13-19(18)23)2-8-21(26)30-14-20(25)16-3-5-17(6-4-16)31(27,28)24-9-11-29-12-10-24/h1-8,13H,9-12,14H2/b8-2+. The van der Waals surface area contributed by atoms with Gasteiger partial charge in [-0.1, -0.05) is 29.3 Å². The van der Waals surface area contributed by atoms with Gasteiger partial charge in [0, 0.05) is 24.7 Å². The Labute approximate surface area is 190 Å². The quantitative estimate of drug-likeness (QED) is 0.340. The fourth-order valence-electron chi connectivity index (χ4n) is 2.80. The summed E-state index contributed by atoms with van der Waals surface area (Å²) in [7, 11) is -3.64. The van der Waals surface area contributed by atoms with E-state index in [1.165, 1.54) is 40.7 Å². The third-order valence-corrected chi connectivity index (χ3v) is 7.14. The lowest BCUT2D eigenvalue weighted by atomic mass is 10.1. The van der Waals surface area contributed by atoms with E-state index in [0.717, 1.165) is 0 Å². The normalized spacial score (nSPS) is 15.2. The van der Waals surface area contributed by atoms with Crippen LogP contribution in [0.4, 0.5) is 0 Å². The van der Waals surface area contributed by atoms with Crippen LogP contribution >= 0.6 is 23.2 Å². The van der Waals surface area contributed by atoms with Crippen LogP contribution in [0.5, 0.6) is 0 Å². The molecule has 0 amide bonds. The molecule has 164 valence electrons. The van der Waals surface area contributed by atoms with Gasteiger partial charge in [0.1, 0.15) is 0 Å². The average Bonchev–Trinajstić information content (AvgIpc) is 2.79. The van der Waals surface area contributed by atoms with Crippen LogP contribution in [0.2, 0.25) is 10.0 Å². The zero-order chi connectivity index (χ0) is 22.4. The number of rotatable bonds is 7. The first kappa shape index (κ1) is 23.4. The summed E-state index contributed by atoms with van der Waals surface area (Å²) in [4.78, 5) is 24.2. The van der Waals surface area contributed by atoms with Crippen LogP contribution in [-0.4, -0.2) is 57.4 Å². The highest BCUT2D eigenvalue weighted by atomic mass is 35.5. The molecular formula is C21H19Cl2NO6S. The number of ketones is 1. The van der Waals surface area contributed by atoms with Gasteiger partial charge >= 0.3 is 5.97 Å². The molecular weight excluding hydrogens is 465 g/mol. The van der Waals surface area contributed by atoms with Gasteiger partial charge in [-0.05, 0) is 48.0 Å². The van der Waals surface area contributed by atoms with Crippen molar-refractivity contribution in [1.29, 1.82) is 0 Å². The van der Waals surface area contributed by atoms with Crippen LogP contribution < -0.4 is 0 Å². The number of carbonyl (C=O) groups is 2. The maximum absolute atomic E-state index is 12.6. The number of hydrogen-bond acceptors (Lipinski definition) is 6. The number of hydrogen-bond donors (Lipinski definition) is 0. The molecule has 2 aromatic carbocycles. The Morgan fingerprint density at radius 3 is 2.35 bits per heavy atom. The molecule has 7 nitrogen and oxygen atoms in total. The molecule has 0 N–H and O–H groups in total. The summed E-state index contributed by atoms with van der Waals surface area (Å²) < 4.78 is 36.7. The van der Waals surface area contributed by atoms with E-state index in [-0.39, 0.29) is 23.5 Å². The molecule has 2 aromatic rings. The number of esters is 1. The first-order chi connectivity index (χ1) is 14.8. The summed E-state index contributed by atoms with van der Waals surface area (Å²) in [5, 5.41) is 0.752. The van der Waals surface area contributed by atoms with Crippen LogP contribution in [0.1, 0.15) is 15.9 Å². The highest BCUT2D eigenvalue weighted by Crippen LogP contribution is 2.23. The maximum atomic E-state index is 12.6. The second-order valence-corrected chi connectivity index (χ2v) is 9.33. The van der Waals surface area contributed by atoms with E-state index in [4.69, 9.17) is 32.7 Å². The molecule has 0 atom stereocenters. The van der Waals surface area contributed by atoms with Crippen molar-refractivity contribution >= 4 is 51.1 Å². The van der Waals surface area contributed by atoms with E-state index >= 15 is 0 Å². The molecule has 1 fully saturated rings. The molecule has 0 saturated carbocycles. The van der Waals surface area contributed by atoms with Crippen molar-refractivity contribution in [2.45, 2.75) is 4.90 Å². The minimum absolute atomic E-state index is 0.0903. The highest BCUT2D eigenvalue weighted by Gasteiger charge is 2.26. The van der Waals surface area contributed by atoms with Crippen molar-refractivity contribution in [3.05, 3.63) is 69.7 Å². The van der Waals surface area contributed by atoms with Gasteiger partial charge < -0.3 is 9.47 Å². The van der Waals surface area contributed by atoms with Crippen LogP contribution in [0.3, 0.4) is 0 Å². The zero-order valence-electron chi connectivity index (χ0n) is 16.3. The number of morpholine rings is 1. The smallest absolute Gasteiger partial charge is 0.331 e. The second-order valence-electron chi connectivity index (χ2n) is 6.58. The molecule has 0 bridgehead atoms. The van der Waals surface area contributed by atoms with Crippen molar-refractivity contribution in [1.82, 2.24) is 4.31 Å². The monoisotopic (exact) mass is 483 g/mol. The Morgan fingerprint density at radius 1 is 1.03 bits per heavy atom. The molecule has 0 aliphatic carbocycles. The van der Waals surface area contributed by atoms with E-state index in [1.54, 1.807) is 18.2 Å². The van der Waals surface area contributed by atoms with Crippen molar-refractivity contribution in [2.75, 3.05) is 32.9 Å². The Balaban J connectivity index is 1.56. The molecule has 1 saturated heterocycles. The molecule has 1 heterocycles. The molecule has 10 heteroatoms. The molecule has 1 aliphatic heterocycles.